The Balaban J connectivity index is 1.73. The van der Waals surface area contributed by atoms with Crippen molar-refractivity contribution in [1.29, 1.82) is 0 Å². The average molecular weight is 456 g/mol. The molecule has 3 aromatic rings. The van der Waals surface area contributed by atoms with E-state index in [4.69, 9.17) is 4.74 Å². The first kappa shape index (κ1) is 23.4. The van der Waals surface area contributed by atoms with Crippen molar-refractivity contribution in [2.45, 2.75) is 38.7 Å². The van der Waals surface area contributed by atoms with Crippen LogP contribution >= 0.6 is 0 Å². The number of hydrogen-bond acceptors (Lipinski definition) is 4. The van der Waals surface area contributed by atoms with E-state index in [1.165, 1.54) is 4.90 Å². The minimum absolute atomic E-state index is 0.0686. The second kappa shape index (κ2) is 9.64. The van der Waals surface area contributed by atoms with E-state index in [-0.39, 0.29) is 42.6 Å². The van der Waals surface area contributed by atoms with Crippen molar-refractivity contribution in [3.63, 3.8) is 0 Å². The summed E-state index contributed by atoms with van der Waals surface area (Å²) in [6.07, 6.45) is 0.0686. The van der Waals surface area contributed by atoms with Crippen LogP contribution in [0.5, 0.6) is 0 Å². The Morgan fingerprint density at radius 2 is 1.21 bits per heavy atom. The summed E-state index contributed by atoms with van der Waals surface area (Å²) in [5.41, 5.74) is 2.20. The van der Waals surface area contributed by atoms with Gasteiger partial charge in [-0.1, -0.05) is 72.8 Å². The molecule has 0 spiro atoms. The Hall–Kier alpha value is -3.73. The van der Waals surface area contributed by atoms with Gasteiger partial charge < -0.3 is 4.74 Å². The van der Waals surface area contributed by atoms with Crippen molar-refractivity contribution in [1.82, 2.24) is 4.90 Å². The highest BCUT2D eigenvalue weighted by Crippen LogP contribution is 2.37. The summed E-state index contributed by atoms with van der Waals surface area (Å²) >= 11 is 0. The Labute approximate surface area is 200 Å². The summed E-state index contributed by atoms with van der Waals surface area (Å²) < 4.78 is 5.64. The van der Waals surface area contributed by atoms with Crippen LogP contribution in [0.2, 0.25) is 0 Å². The minimum Gasteiger partial charge on any atom is -0.460 e. The molecule has 0 saturated carbocycles. The Kier molecular flexibility index (Phi) is 6.64. The second-order valence-electron chi connectivity index (χ2n) is 9.62. The molecule has 0 radical (unpaired) electrons. The zero-order chi connectivity index (χ0) is 24.3. The highest BCUT2D eigenvalue weighted by Gasteiger charge is 2.39. The molecule has 0 saturated heterocycles. The average Bonchev–Trinajstić information content (AvgIpc) is 3.04. The number of benzene rings is 3. The number of carbonyl (C=O) groups excluding carboxylic acids is 3. The number of rotatable bonds is 7. The minimum atomic E-state index is -0.633. The smallest absolute Gasteiger partial charge is 0.306 e. The zero-order valence-corrected chi connectivity index (χ0v) is 19.7. The van der Waals surface area contributed by atoms with Crippen LogP contribution in [0.15, 0.2) is 84.9 Å². The molecule has 0 N–H and O–H groups in total. The second-order valence-corrected chi connectivity index (χ2v) is 9.62. The number of esters is 1. The molecule has 2 amide bonds. The molecule has 1 aliphatic heterocycles. The number of ether oxygens (including phenoxy) is 1. The molecule has 1 atom stereocenters. The van der Waals surface area contributed by atoms with Gasteiger partial charge in [-0.3, -0.25) is 19.3 Å². The van der Waals surface area contributed by atoms with Crippen molar-refractivity contribution < 1.29 is 19.1 Å². The molecule has 34 heavy (non-hydrogen) atoms. The van der Waals surface area contributed by atoms with Gasteiger partial charge in [-0.2, -0.15) is 0 Å². The van der Waals surface area contributed by atoms with Crippen molar-refractivity contribution in [2.24, 2.45) is 5.92 Å². The first-order chi connectivity index (χ1) is 16.2. The van der Waals surface area contributed by atoms with Crippen LogP contribution in [-0.2, 0) is 9.53 Å². The van der Waals surface area contributed by atoms with Gasteiger partial charge in [0.25, 0.3) is 11.8 Å². The lowest BCUT2D eigenvalue weighted by Crippen LogP contribution is -2.38. The lowest BCUT2D eigenvalue weighted by Gasteiger charge is -2.31. The third kappa shape index (κ3) is 5.09. The maximum absolute atomic E-state index is 13.1. The Morgan fingerprint density at radius 1 is 0.765 bits per heavy atom. The SMILES string of the molecule is CC(C)(C)OC(=O)C[C@H](CN1C(=O)c2ccccc2C1=O)C(c1ccccc1)c1ccccc1. The van der Waals surface area contributed by atoms with E-state index in [9.17, 15) is 14.4 Å². The van der Waals surface area contributed by atoms with Crippen LogP contribution < -0.4 is 0 Å². The molecule has 0 fully saturated rings. The number of amides is 2. The summed E-state index contributed by atoms with van der Waals surface area (Å²) in [5, 5.41) is 0. The molecule has 174 valence electrons. The van der Waals surface area contributed by atoms with Crippen molar-refractivity contribution in [3.8, 4) is 0 Å². The summed E-state index contributed by atoms with van der Waals surface area (Å²) in [6, 6.07) is 26.6. The van der Waals surface area contributed by atoms with Gasteiger partial charge in [0.2, 0.25) is 0 Å². The summed E-state index contributed by atoms with van der Waals surface area (Å²) in [7, 11) is 0. The maximum atomic E-state index is 13.1. The van der Waals surface area contributed by atoms with Gasteiger partial charge in [0.05, 0.1) is 17.5 Å². The van der Waals surface area contributed by atoms with E-state index in [0.717, 1.165) is 11.1 Å². The molecular weight excluding hydrogens is 426 g/mol. The van der Waals surface area contributed by atoms with Gasteiger partial charge in [-0.25, -0.2) is 0 Å². The molecule has 0 bridgehead atoms. The number of carbonyl (C=O) groups is 3. The van der Waals surface area contributed by atoms with Gasteiger partial charge in [0, 0.05) is 12.5 Å². The number of imide groups is 1. The van der Waals surface area contributed by atoms with Gasteiger partial charge in [-0.05, 0) is 49.9 Å². The highest BCUT2D eigenvalue weighted by molar-refractivity contribution is 6.21. The lowest BCUT2D eigenvalue weighted by molar-refractivity contribution is -0.156. The third-order valence-electron chi connectivity index (χ3n) is 5.93. The van der Waals surface area contributed by atoms with Gasteiger partial charge >= 0.3 is 5.97 Å². The number of hydrogen-bond donors (Lipinski definition) is 0. The first-order valence-electron chi connectivity index (χ1n) is 11.5. The van der Waals surface area contributed by atoms with E-state index in [0.29, 0.717) is 11.1 Å². The molecular formula is C29H29NO4. The van der Waals surface area contributed by atoms with E-state index in [1.54, 1.807) is 24.3 Å². The van der Waals surface area contributed by atoms with E-state index in [2.05, 4.69) is 0 Å². The van der Waals surface area contributed by atoms with Crippen LogP contribution in [0, 0.1) is 5.92 Å². The van der Waals surface area contributed by atoms with E-state index >= 15 is 0 Å². The molecule has 4 rings (SSSR count). The standard InChI is InChI=1S/C29H29NO4/c1-29(2,3)34-25(31)18-22(19-30-27(32)23-16-10-11-17-24(23)28(30)33)26(20-12-6-4-7-13-20)21-14-8-5-9-15-21/h4-17,22,26H,18-19H2,1-3H3/t22-/m1/s1. The highest BCUT2D eigenvalue weighted by atomic mass is 16.6. The predicted molar refractivity (Wildman–Crippen MR) is 130 cm³/mol. The first-order valence-corrected chi connectivity index (χ1v) is 11.5. The molecule has 1 aliphatic rings. The van der Waals surface area contributed by atoms with Crippen molar-refractivity contribution in [2.75, 3.05) is 6.54 Å². The Morgan fingerprint density at radius 3 is 1.65 bits per heavy atom. The van der Waals surface area contributed by atoms with Crippen LogP contribution in [-0.4, -0.2) is 34.8 Å². The lowest BCUT2D eigenvalue weighted by atomic mass is 9.78. The predicted octanol–water partition coefficient (Wildman–Crippen LogP) is 5.46. The molecule has 0 unspecified atom stereocenters. The fraction of sp³-hybridized carbons (Fsp3) is 0.276. The summed E-state index contributed by atoms with van der Waals surface area (Å²) in [6.45, 7) is 5.60. The van der Waals surface area contributed by atoms with E-state index in [1.807, 2.05) is 81.4 Å². The van der Waals surface area contributed by atoms with Gasteiger partial charge in [0.1, 0.15) is 5.60 Å². The summed E-state index contributed by atoms with van der Waals surface area (Å²) in [4.78, 5) is 40.5. The van der Waals surface area contributed by atoms with Crippen LogP contribution in [0.1, 0.15) is 65.0 Å². The topological polar surface area (TPSA) is 63.7 Å². The normalized spacial score (nSPS) is 14.3. The fourth-order valence-electron chi connectivity index (χ4n) is 4.58. The Bertz CT molecular complexity index is 1110. The molecule has 5 heteroatoms. The maximum Gasteiger partial charge on any atom is 0.306 e. The van der Waals surface area contributed by atoms with Crippen molar-refractivity contribution >= 4 is 17.8 Å². The number of nitrogens with zero attached hydrogens (tertiary/aromatic N) is 1. The van der Waals surface area contributed by atoms with Crippen molar-refractivity contribution in [3.05, 3.63) is 107 Å². The third-order valence-corrected chi connectivity index (χ3v) is 5.93. The molecule has 0 aromatic heterocycles. The summed E-state index contributed by atoms with van der Waals surface area (Å²) in [5.74, 6) is -1.59. The number of fused-ring (bicyclic) bond motifs is 1. The molecule has 1 heterocycles. The van der Waals surface area contributed by atoms with Crippen LogP contribution in [0.4, 0.5) is 0 Å². The molecule has 3 aromatic carbocycles. The zero-order valence-electron chi connectivity index (χ0n) is 19.7. The van der Waals surface area contributed by atoms with Gasteiger partial charge in [0.15, 0.2) is 0 Å². The van der Waals surface area contributed by atoms with Crippen LogP contribution in [0.25, 0.3) is 0 Å². The van der Waals surface area contributed by atoms with E-state index < -0.39 is 5.60 Å². The molecule has 0 aliphatic carbocycles. The quantitative estimate of drug-likeness (QED) is 0.350. The van der Waals surface area contributed by atoms with Crippen LogP contribution in [0.3, 0.4) is 0 Å². The fourth-order valence-corrected chi connectivity index (χ4v) is 4.58. The monoisotopic (exact) mass is 455 g/mol. The van der Waals surface area contributed by atoms with Gasteiger partial charge in [-0.15, -0.1) is 0 Å². The largest absolute Gasteiger partial charge is 0.460 e. The molecule has 5 nitrogen and oxygen atoms in total.